The Bertz CT molecular complexity index is 1620. The zero-order valence-corrected chi connectivity index (χ0v) is 29.8. The molecule has 1 saturated heterocycles. The van der Waals surface area contributed by atoms with Gasteiger partial charge in [-0.25, -0.2) is 0 Å². The second-order valence-electron chi connectivity index (χ2n) is 13.9. The molecule has 0 radical (unpaired) electrons. The van der Waals surface area contributed by atoms with Crippen LogP contribution in [0.3, 0.4) is 0 Å². The van der Waals surface area contributed by atoms with Gasteiger partial charge in [0, 0.05) is 49.9 Å². The number of likely N-dealkylation sites (tertiary alicyclic amines) is 1. The van der Waals surface area contributed by atoms with E-state index >= 15 is 0 Å². The number of nitrogens with zero attached hydrogens (tertiary/aromatic N) is 5. The minimum atomic E-state index is -4.58. The van der Waals surface area contributed by atoms with Gasteiger partial charge in [-0.3, -0.25) is 4.79 Å². The summed E-state index contributed by atoms with van der Waals surface area (Å²) in [5.74, 6) is 0.885. The fraction of sp³-hybridized carbons (Fsp3) is 0.568. The molecule has 6 bridgehead atoms. The highest BCUT2D eigenvalue weighted by Gasteiger charge is 2.44. The van der Waals surface area contributed by atoms with Crippen LogP contribution in [0, 0.1) is 5.41 Å². The SMILES string of the molecule is CCCN1CCCOc2ccc(cc2)CNc2nc(nc(OCC(F)(F)F)n2)Nc2ccc(C(=O)NCC3(CN4CCCC4)CC3)c(c2)OCCC1. The van der Waals surface area contributed by atoms with Crippen molar-refractivity contribution < 1.29 is 32.2 Å². The molecule has 3 aromatic rings. The third kappa shape index (κ3) is 11.3. The summed E-state index contributed by atoms with van der Waals surface area (Å²) in [7, 11) is 0. The Morgan fingerprint density at radius 2 is 1.63 bits per heavy atom. The first-order valence-corrected chi connectivity index (χ1v) is 18.3. The molecule has 0 spiro atoms. The number of anilines is 3. The number of amides is 1. The van der Waals surface area contributed by atoms with Gasteiger partial charge >= 0.3 is 12.2 Å². The third-order valence-corrected chi connectivity index (χ3v) is 9.48. The fourth-order valence-corrected chi connectivity index (χ4v) is 6.57. The lowest BCUT2D eigenvalue weighted by atomic mass is 10.1. The summed E-state index contributed by atoms with van der Waals surface area (Å²) in [6, 6.07) is 12.1. The minimum Gasteiger partial charge on any atom is -0.494 e. The molecule has 4 aliphatic rings. The second kappa shape index (κ2) is 17.4. The van der Waals surface area contributed by atoms with Crippen molar-refractivity contribution in [3.8, 4) is 17.5 Å². The molecule has 3 aliphatic heterocycles. The lowest BCUT2D eigenvalue weighted by Crippen LogP contribution is -2.37. The number of carbonyl (C=O) groups is 1. The number of aromatic nitrogens is 3. The highest BCUT2D eigenvalue weighted by atomic mass is 19.4. The zero-order valence-electron chi connectivity index (χ0n) is 29.8. The number of ether oxygens (including phenoxy) is 3. The molecule has 4 heterocycles. The first kappa shape index (κ1) is 37.4. The van der Waals surface area contributed by atoms with Crippen LogP contribution in [-0.2, 0) is 6.54 Å². The largest absolute Gasteiger partial charge is 0.494 e. The highest BCUT2D eigenvalue weighted by Crippen LogP contribution is 2.46. The Kier molecular flexibility index (Phi) is 12.5. The van der Waals surface area contributed by atoms with Crippen LogP contribution in [0.25, 0.3) is 0 Å². The number of nitrogens with one attached hydrogen (secondary N) is 3. The molecule has 15 heteroatoms. The summed E-state index contributed by atoms with van der Waals surface area (Å²) >= 11 is 0. The molecular formula is C37H49F3N8O4. The molecule has 3 N–H and O–H groups in total. The van der Waals surface area contributed by atoms with E-state index in [1.165, 1.54) is 12.8 Å². The summed E-state index contributed by atoms with van der Waals surface area (Å²) in [6.45, 7) is 8.34. The molecule has 7 rings (SSSR count). The van der Waals surface area contributed by atoms with Crippen molar-refractivity contribution in [1.82, 2.24) is 30.1 Å². The predicted octanol–water partition coefficient (Wildman–Crippen LogP) is 6.04. The highest BCUT2D eigenvalue weighted by molar-refractivity contribution is 5.97. The van der Waals surface area contributed by atoms with Crippen LogP contribution in [0.1, 0.15) is 67.8 Å². The Hall–Kier alpha value is -4.37. The van der Waals surface area contributed by atoms with Crippen LogP contribution in [0.2, 0.25) is 0 Å². The van der Waals surface area contributed by atoms with Crippen LogP contribution in [-0.4, -0.2) is 102 Å². The van der Waals surface area contributed by atoms with Gasteiger partial charge in [-0.2, -0.15) is 28.1 Å². The molecule has 1 amide bonds. The smallest absolute Gasteiger partial charge is 0.422 e. The van der Waals surface area contributed by atoms with E-state index < -0.39 is 18.8 Å². The van der Waals surface area contributed by atoms with Crippen molar-refractivity contribution >= 4 is 23.5 Å². The van der Waals surface area contributed by atoms with E-state index in [-0.39, 0.29) is 29.8 Å². The number of hydrogen-bond acceptors (Lipinski definition) is 11. The molecule has 52 heavy (non-hydrogen) atoms. The predicted molar refractivity (Wildman–Crippen MR) is 191 cm³/mol. The van der Waals surface area contributed by atoms with E-state index in [2.05, 4.69) is 47.6 Å². The van der Waals surface area contributed by atoms with Gasteiger partial charge in [-0.05, 0) is 94.4 Å². The Labute approximate surface area is 302 Å². The lowest BCUT2D eigenvalue weighted by Gasteiger charge is -2.23. The van der Waals surface area contributed by atoms with Gasteiger partial charge in [0.25, 0.3) is 5.91 Å². The monoisotopic (exact) mass is 726 g/mol. The summed E-state index contributed by atoms with van der Waals surface area (Å²) in [5, 5.41) is 9.26. The summed E-state index contributed by atoms with van der Waals surface area (Å²) in [5.41, 5.74) is 1.88. The van der Waals surface area contributed by atoms with E-state index in [1.54, 1.807) is 18.2 Å². The molecular weight excluding hydrogens is 677 g/mol. The van der Waals surface area contributed by atoms with Crippen molar-refractivity contribution in [1.29, 1.82) is 0 Å². The summed E-state index contributed by atoms with van der Waals surface area (Å²) < 4.78 is 56.3. The molecule has 282 valence electrons. The van der Waals surface area contributed by atoms with E-state index in [1.807, 2.05) is 24.3 Å². The number of benzene rings is 2. The number of alkyl halides is 3. The molecule has 1 aromatic heterocycles. The summed E-state index contributed by atoms with van der Waals surface area (Å²) in [6.07, 6.45) is 2.70. The number of carbonyl (C=O) groups excluding carboxylic acids is 1. The van der Waals surface area contributed by atoms with Crippen molar-refractivity contribution in [2.75, 3.05) is 76.3 Å². The van der Waals surface area contributed by atoms with Gasteiger partial charge in [0.15, 0.2) is 6.61 Å². The van der Waals surface area contributed by atoms with Crippen molar-refractivity contribution in [3.63, 3.8) is 0 Å². The van der Waals surface area contributed by atoms with Gasteiger partial charge in [0.05, 0.1) is 18.8 Å². The van der Waals surface area contributed by atoms with Crippen LogP contribution in [0.15, 0.2) is 42.5 Å². The Morgan fingerprint density at radius 3 is 2.35 bits per heavy atom. The van der Waals surface area contributed by atoms with Crippen LogP contribution in [0.4, 0.5) is 30.8 Å². The average Bonchev–Trinajstić information content (AvgIpc) is 3.70. The lowest BCUT2D eigenvalue weighted by molar-refractivity contribution is -0.154. The van der Waals surface area contributed by atoms with Crippen molar-refractivity contribution in [2.24, 2.45) is 5.41 Å². The maximum Gasteiger partial charge on any atom is 0.422 e. The van der Waals surface area contributed by atoms with Crippen LogP contribution in [0.5, 0.6) is 17.5 Å². The van der Waals surface area contributed by atoms with E-state index in [9.17, 15) is 18.0 Å². The van der Waals surface area contributed by atoms with Crippen LogP contribution >= 0.6 is 0 Å². The number of halogens is 3. The third-order valence-electron chi connectivity index (χ3n) is 9.48. The van der Waals surface area contributed by atoms with Crippen LogP contribution < -0.4 is 30.2 Å². The first-order chi connectivity index (χ1) is 25.1. The Morgan fingerprint density at radius 1 is 0.923 bits per heavy atom. The standard InChI is InChI=1S/C37H49F3N8O4/c1-2-15-47-18-5-20-50-29-10-7-27(8-11-29)23-41-33-44-34(46-35(45-33)52-26-37(38,39)40)43-28-9-12-30(31(22-28)51-21-6-19-47)32(49)42-24-36(13-14-36)25-48-16-3-4-17-48/h7-12,22H,2-6,13-21,23-26H2,1H3,(H,42,49)(H2,41,43,44,45,46). The normalized spacial score (nSPS) is 18.5. The number of rotatable bonds is 9. The molecule has 2 aromatic carbocycles. The van der Waals surface area contributed by atoms with Gasteiger partial charge < -0.3 is 40.0 Å². The molecule has 12 nitrogen and oxygen atoms in total. The molecule has 1 saturated carbocycles. The maximum atomic E-state index is 13.6. The molecule has 0 atom stereocenters. The Balaban J connectivity index is 1.23. The quantitative estimate of drug-likeness (QED) is 0.239. The number of fused-ring (bicyclic) bond motifs is 11. The number of hydrogen-bond donors (Lipinski definition) is 3. The van der Waals surface area contributed by atoms with Gasteiger partial charge in [0.2, 0.25) is 11.9 Å². The van der Waals surface area contributed by atoms with E-state index in [0.29, 0.717) is 36.8 Å². The van der Waals surface area contributed by atoms with E-state index in [0.717, 1.165) is 82.7 Å². The minimum absolute atomic E-state index is 0.0178. The van der Waals surface area contributed by atoms with Gasteiger partial charge in [0.1, 0.15) is 11.5 Å². The van der Waals surface area contributed by atoms with Crippen molar-refractivity contribution in [2.45, 2.75) is 64.6 Å². The molecule has 2 fully saturated rings. The van der Waals surface area contributed by atoms with Crippen molar-refractivity contribution in [3.05, 3.63) is 53.6 Å². The van der Waals surface area contributed by atoms with Gasteiger partial charge in [-0.15, -0.1) is 0 Å². The maximum absolute atomic E-state index is 13.6. The average molecular weight is 727 g/mol. The zero-order chi connectivity index (χ0) is 36.4. The topological polar surface area (TPSA) is 126 Å². The first-order valence-electron chi connectivity index (χ1n) is 18.3. The van der Waals surface area contributed by atoms with E-state index in [4.69, 9.17) is 14.2 Å². The molecule has 0 unspecified atom stereocenters. The fourth-order valence-electron chi connectivity index (χ4n) is 6.57. The van der Waals surface area contributed by atoms with Gasteiger partial charge in [-0.1, -0.05) is 19.1 Å². The molecule has 1 aliphatic carbocycles. The second-order valence-corrected chi connectivity index (χ2v) is 13.9. The summed E-state index contributed by atoms with van der Waals surface area (Å²) in [4.78, 5) is 31.1.